The Morgan fingerprint density at radius 2 is 2.10 bits per heavy atom. The van der Waals surface area contributed by atoms with E-state index in [9.17, 15) is 4.79 Å². The number of likely N-dealkylation sites (N-methyl/N-ethyl adjacent to an activating group) is 1. The van der Waals surface area contributed by atoms with Crippen LogP contribution in [0, 0.1) is 6.92 Å². The van der Waals surface area contributed by atoms with Gasteiger partial charge in [0, 0.05) is 31.6 Å². The fourth-order valence-corrected chi connectivity index (χ4v) is 2.61. The Labute approximate surface area is 129 Å². The number of aromatic nitrogens is 3. The Kier molecular flexibility index (Phi) is 5.17. The molecule has 114 valence electrons. The maximum Gasteiger partial charge on any atom is 0.242 e. The summed E-state index contributed by atoms with van der Waals surface area (Å²) < 4.78 is 1.89. The first-order chi connectivity index (χ1) is 10.1. The van der Waals surface area contributed by atoms with Crippen LogP contribution < -0.4 is 0 Å². The molecule has 0 fully saturated rings. The highest BCUT2D eigenvalue weighted by Crippen LogP contribution is 2.18. The van der Waals surface area contributed by atoms with Crippen molar-refractivity contribution in [1.82, 2.24) is 19.4 Å². The average Bonchev–Trinajstić information content (AvgIpc) is 2.81. The predicted molar refractivity (Wildman–Crippen MR) is 84.6 cm³/mol. The lowest BCUT2D eigenvalue weighted by Gasteiger charge is -2.19. The maximum absolute atomic E-state index is 12.4. The van der Waals surface area contributed by atoms with Gasteiger partial charge in [-0.2, -0.15) is 0 Å². The Balaban J connectivity index is 2.43. The summed E-state index contributed by atoms with van der Waals surface area (Å²) in [6, 6.07) is 1.93. The lowest BCUT2D eigenvalue weighted by atomic mass is 10.3. The van der Waals surface area contributed by atoms with Crippen LogP contribution in [0.15, 0.2) is 12.3 Å². The minimum Gasteiger partial charge on any atom is -0.342 e. The molecule has 0 unspecified atom stereocenters. The molecule has 0 aliphatic heterocycles. The molecule has 0 aliphatic rings. The lowest BCUT2D eigenvalue weighted by Crippen LogP contribution is -2.33. The summed E-state index contributed by atoms with van der Waals surface area (Å²) in [5.74, 6) is 1.38. The van der Waals surface area contributed by atoms with Crippen LogP contribution in [0.2, 0.25) is 0 Å². The molecule has 0 spiro atoms. The monoisotopic (exact) mass is 308 g/mol. The highest BCUT2D eigenvalue weighted by atomic mass is 35.5. The van der Waals surface area contributed by atoms with E-state index in [0.717, 1.165) is 22.6 Å². The van der Waals surface area contributed by atoms with Crippen molar-refractivity contribution in [3.63, 3.8) is 0 Å². The standard InChI is InChI=1S/C15H21ClN4O/c1-4-19(5-2)13(21)10-20-12(6-8-16)18-14-11(3)7-9-17-15(14)20/h7,9H,4-6,8,10H2,1-3H3. The van der Waals surface area contributed by atoms with Crippen LogP contribution in [0.25, 0.3) is 11.2 Å². The van der Waals surface area contributed by atoms with Crippen LogP contribution in [0.3, 0.4) is 0 Å². The molecule has 2 heterocycles. The van der Waals surface area contributed by atoms with Crippen molar-refractivity contribution in [3.8, 4) is 0 Å². The number of aryl methyl sites for hydroxylation is 2. The van der Waals surface area contributed by atoms with Gasteiger partial charge in [0.15, 0.2) is 5.65 Å². The molecule has 0 radical (unpaired) electrons. The Hall–Kier alpha value is -1.62. The van der Waals surface area contributed by atoms with E-state index in [0.29, 0.717) is 25.4 Å². The van der Waals surface area contributed by atoms with E-state index in [4.69, 9.17) is 11.6 Å². The average molecular weight is 309 g/mol. The van der Waals surface area contributed by atoms with E-state index in [2.05, 4.69) is 9.97 Å². The largest absolute Gasteiger partial charge is 0.342 e. The second-order valence-electron chi connectivity index (χ2n) is 4.92. The maximum atomic E-state index is 12.4. The molecular weight excluding hydrogens is 288 g/mol. The molecular formula is C15H21ClN4O. The SMILES string of the molecule is CCN(CC)C(=O)Cn1c(CCCl)nc2c(C)ccnc21. The fraction of sp³-hybridized carbons (Fsp3) is 0.533. The van der Waals surface area contributed by atoms with Crippen LogP contribution in [0.1, 0.15) is 25.2 Å². The zero-order valence-corrected chi connectivity index (χ0v) is 13.5. The van der Waals surface area contributed by atoms with Crippen LogP contribution in [0.5, 0.6) is 0 Å². The molecule has 21 heavy (non-hydrogen) atoms. The van der Waals surface area contributed by atoms with Gasteiger partial charge in [-0.05, 0) is 32.4 Å². The van der Waals surface area contributed by atoms with Crippen LogP contribution >= 0.6 is 11.6 Å². The fourth-order valence-electron chi connectivity index (χ4n) is 2.44. The van der Waals surface area contributed by atoms with Gasteiger partial charge < -0.3 is 9.47 Å². The molecule has 0 saturated carbocycles. The highest BCUT2D eigenvalue weighted by Gasteiger charge is 2.17. The Morgan fingerprint density at radius 3 is 2.71 bits per heavy atom. The molecule has 2 aromatic heterocycles. The molecule has 5 nitrogen and oxygen atoms in total. The van der Waals surface area contributed by atoms with Gasteiger partial charge in [0.1, 0.15) is 17.9 Å². The number of alkyl halides is 1. The number of amides is 1. The molecule has 0 N–H and O–H groups in total. The van der Waals surface area contributed by atoms with E-state index in [1.54, 1.807) is 6.20 Å². The minimum absolute atomic E-state index is 0.0819. The van der Waals surface area contributed by atoms with Crippen molar-refractivity contribution in [2.24, 2.45) is 0 Å². The first-order valence-corrected chi connectivity index (χ1v) is 7.80. The smallest absolute Gasteiger partial charge is 0.242 e. The summed E-state index contributed by atoms with van der Waals surface area (Å²) in [5, 5.41) is 0. The molecule has 0 bridgehead atoms. The summed E-state index contributed by atoms with van der Waals surface area (Å²) in [7, 11) is 0. The third-order valence-electron chi connectivity index (χ3n) is 3.64. The molecule has 0 aliphatic carbocycles. The summed E-state index contributed by atoms with van der Waals surface area (Å²) in [6.45, 7) is 7.64. The van der Waals surface area contributed by atoms with Crippen LogP contribution in [0.4, 0.5) is 0 Å². The van der Waals surface area contributed by atoms with Gasteiger partial charge in [0.2, 0.25) is 5.91 Å². The second kappa shape index (κ2) is 6.89. The highest BCUT2D eigenvalue weighted by molar-refractivity contribution is 6.17. The summed E-state index contributed by atoms with van der Waals surface area (Å²) >= 11 is 5.86. The second-order valence-corrected chi connectivity index (χ2v) is 5.30. The molecule has 0 atom stereocenters. The van der Waals surface area contributed by atoms with E-state index in [1.165, 1.54) is 0 Å². The molecule has 0 aromatic carbocycles. The lowest BCUT2D eigenvalue weighted by molar-refractivity contribution is -0.131. The van der Waals surface area contributed by atoms with Crippen molar-refractivity contribution in [3.05, 3.63) is 23.7 Å². The van der Waals surface area contributed by atoms with E-state index < -0.39 is 0 Å². The number of carbonyl (C=O) groups excluding carboxylic acids is 1. The topological polar surface area (TPSA) is 51.0 Å². The number of halogens is 1. The number of hydrogen-bond donors (Lipinski definition) is 0. The first kappa shape index (κ1) is 15.8. The number of nitrogens with zero attached hydrogens (tertiary/aromatic N) is 4. The van der Waals surface area contributed by atoms with Crippen LogP contribution in [-0.4, -0.2) is 44.3 Å². The number of fused-ring (bicyclic) bond motifs is 1. The number of carbonyl (C=O) groups is 1. The van der Waals surface area contributed by atoms with E-state index in [1.807, 2.05) is 36.3 Å². The third-order valence-corrected chi connectivity index (χ3v) is 3.83. The number of hydrogen-bond acceptors (Lipinski definition) is 3. The number of pyridine rings is 1. The van der Waals surface area contributed by atoms with Gasteiger partial charge in [-0.15, -0.1) is 11.6 Å². The summed E-state index contributed by atoms with van der Waals surface area (Å²) in [4.78, 5) is 23.2. The summed E-state index contributed by atoms with van der Waals surface area (Å²) in [6.07, 6.45) is 2.38. The van der Waals surface area contributed by atoms with E-state index >= 15 is 0 Å². The molecule has 2 aromatic rings. The number of rotatable bonds is 6. The van der Waals surface area contributed by atoms with Gasteiger partial charge >= 0.3 is 0 Å². The van der Waals surface area contributed by atoms with Crippen LogP contribution in [-0.2, 0) is 17.8 Å². The third kappa shape index (κ3) is 3.18. The zero-order chi connectivity index (χ0) is 15.4. The van der Waals surface area contributed by atoms with Gasteiger partial charge in [-0.25, -0.2) is 9.97 Å². The van der Waals surface area contributed by atoms with Crippen molar-refractivity contribution >= 4 is 28.7 Å². The Morgan fingerprint density at radius 1 is 1.38 bits per heavy atom. The molecule has 1 amide bonds. The predicted octanol–water partition coefficient (Wildman–Crippen LogP) is 2.39. The van der Waals surface area contributed by atoms with Crippen molar-refractivity contribution in [1.29, 1.82) is 0 Å². The quantitative estimate of drug-likeness (QED) is 0.770. The van der Waals surface area contributed by atoms with Gasteiger partial charge in [-0.1, -0.05) is 0 Å². The van der Waals surface area contributed by atoms with Crippen molar-refractivity contribution < 1.29 is 4.79 Å². The zero-order valence-electron chi connectivity index (χ0n) is 12.8. The molecule has 0 saturated heterocycles. The molecule has 6 heteroatoms. The Bertz CT molecular complexity index is 634. The summed E-state index contributed by atoms with van der Waals surface area (Å²) in [5.41, 5.74) is 2.67. The van der Waals surface area contributed by atoms with Gasteiger partial charge in [0.05, 0.1) is 0 Å². The van der Waals surface area contributed by atoms with Gasteiger partial charge in [-0.3, -0.25) is 4.79 Å². The molecule has 2 rings (SSSR count). The normalized spacial score (nSPS) is 11.0. The first-order valence-electron chi connectivity index (χ1n) is 7.26. The van der Waals surface area contributed by atoms with Crippen molar-refractivity contribution in [2.75, 3.05) is 19.0 Å². The van der Waals surface area contributed by atoms with Gasteiger partial charge in [0.25, 0.3) is 0 Å². The van der Waals surface area contributed by atoms with E-state index in [-0.39, 0.29) is 12.5 Å². The van der Waals surface area contributed by atoms with Crippen molar-refractivity contribution in [2.45, 2.75) is 33.7 Å². The minimum atomic E-state index is 0.0819. The number of imidazole rings is 1.